The third-order valence-electron chi connectivity index (χ3n) is 3.19. The first kappa shape index (κ1) is 14.8. The minimum Gasteiger partial charge on any atom is -0.374 e. The smallest absolute Gasteiger partial charge is 0.255 e. The first-order valence-electron chi connectivity index (χ1n) is 6.40. The van der Waals surface area contributed by atoms with Gasteiger partial charge in [0, 0.05) is 12.1 Å². The number of nitrogens with one attached hydrogen (secondary N) is 1. The molecule has 0 fully saturated rings. The molecule has 0 aromatic carbocycles. The van der Waals surface area contributed by atoms with E-state index in [9.17, 15) is 9.59 Å². The lowest BCUT2D eigenvalue weighted by Gasteiger charge is -2.27. The molecule has 116 valence electrons. The van der Waals surface area contributed by atoms with E-state index in [-0.39, 0.29) is 23.2 Å². The Kier molecular flexibility index (Phi) is 3.98. The average Bonchev–Trinajstić information content (AvgIpc) is 2.89. The van der Waals surface area contributed by atoms with Gasteiger partial charge in [-0.15, -0.1) is 10.2 Å². The maximum Gasteiger partial charge on any atom is 0.255 e. The summed E-state index contributed by atoms with van der Waals surface area (Å²) in [4.78, 5) is 32.2. The molecular formula is C11H13N7O2S2. The summed E-state index contributed by atoms with van der Waals surface area (Å²) >= 11 is 2.53. The second-order valence-electron chi connectivity index (χ2n) is 4.64. The number of hydrogen-bond acceptors (Lipinski definition) is 9. The Morgan fingerprint density at radius 2 is 2.23 bits per heavy atom. The van der Waals surface area contributed by atoms with Crippen molar-refractivity contribution >= 4 is 40.1 Å². The number of aromatic nitrogens is 4. The number of thioether (sulfide) groups is 1. The summed E-state index contributed by atoms with van der Waals surface area (Å²) in [5.41, 5.74) is 12.0. The van der Waals surface area contributed by atoms with Crippen LogP contribution in [0.5, 0.6) is 0 Å². The van der Waals surface area contributed by atoms with Gasteiger partial charge in [-0.1, -0.05) is 23.1 Å². The second kappa shape index (κ2) is 5.93. The van der Waals surface area contributed by atoms with Gasteiger partial charge in [0.15, 0.2) is 4.34 Å². The minimum atomic E-state index is -0.228. The molecule has 5 N–H and O–H groups in total. The van der Waals surface area contributed by atoms with Crippen LogP contribution >= 0.6 is 23.1 Å². The minimum absolute atomic E-state index is 0.0509. The Morgan fingerprint density at radius 3 is 2.95 bits per heavy atom. The standard InChI is InChI=1S/C11H13N7O2S2/c12-9-14-6-3-18(2-1-5(6)8(20)15-9)7(19)4-21-11-17-16-10(13)22-11/h1-4H2,(H2,13,16)(H3,12,14,15,20). The van der Waals surface area contributed by atoms with Crippen LogP contribution in [0.15, 0.2) is 9.13 Å². The molecule has 2 aromatic heterocycles. The van der Waals surface area contributed by atoms with Gasteiger partial charge in [-0.2, -0.15) is 0 Å². The molecule has 1 aliphatic heterocycles. The molecule has 0 unspecified atom stereocenters. The number of nitrogens with two attached hydrogens (primary N) is 2. The molecule has 0 spiro atoms. The number of aromatic amines is 1. The Labute approximate surface area is 133 Å². The fraction of sp³-hybridized carbons (Fsp3) is 0.364. The normalized spacial score (nSPS) is 13.9. The number of amides is 1. The zero-order chi connectivity index (χ0) is 15.7. The van der Waals surface area contributed by atoms with E-state index in [4.69, 9.17) is 11.5 Å². The van der Waals surface area contributed by atoms with E-state index in [0.29, 0.717) is 40.2 Å². The molecule has 2 aromatic rings. The molecule has 3 heterocycles. The summed E-state index contributed by atoms with van der Waals surface area (Å²) in [6, 6.07) is 0. The zero-order valence-electron chi connectivity index (χ0n) is 11.4. The molecule has 0 aliphatic carbocycles. The van der Waals surface area contributed by atoms with Gasteiger partial charge in [-0.3, -0.25) is 14.6 Å². The molecule has 1 amide bonds. The van der Waals surface area contributed by atoms with Crippen LogP contribution in [0.25, 0.3) is 0 Å². The van der Waals surface area contributed by atoms with Crippen LogP contribution in [-0.4, -0.2) is 43.3 Å². The number of fused-ring (bicyclic) bond motifs is 1. The van der Waals surface area contributed by atoms with Crippen LogP contribution in [0.1, 0.15) is 11.3 Å². The highest BCUT2D eigenvalue weighted by Crippen LogP contribution is 2.24. The Balaban J connectivity index is 1.66. The monoisotopic (exact) mass is 339 g/mol. The molecule has 0 saturated carbocycles. The molecule has 22 heavy (non-hydrogen) atoms. The molecular weight excluding hydrogens is 326 g/mol. The van der Waals surface area contributed by atoms with E-state index in [0.717, 1.165) is 0 Å². The van der Waals surface area contributed by atoms with E-state index in [1.54, 1.807) is 4.90 Å². The largest absolute Gasteiger partial charge is 0.374 e. The molecule has 9 nitrogen and oxygen atoms in total. The lowest BCUT2D eigenvalue weighted by atomic mass is 10.1. The highest BCUT2D eigenvalue weighted by molar-refractivity contribution is 8.01. The molecule has 0 bridgehead atoms. The molecule has 0 radical (unpaired) electrons. The number of anilines is 2. The number of H-pyrrole nitrogens is 1. The summed E-state index contributed by atoms with van der Waals surface area (Å²) in [6.45, 7) is 0.778. The Hall–Kier alpha value is -2.14. The van der Waals surface area contributed by atoms with Crippen molar-refractivity contribution in [2.24, 2.45) is 0 Å². The summed E-state index contributed by atoms with van der Waals surface area (Å²) in [6.07, 6.45) is 0.472. The molecule has 0 saturated heterocycles. The van der Waals surface area contributed by atoms with Gasteiger partial charge >= 0.3 is 0 Å². The highest BCUT2D eigenvalue weighted by atomic mass is 32.2. The highest BCUT2D eigenvalue weighted by Gasteiger charge is 2.24. The number of nitrogens with zero attached hydrogens (tertiary/aromatic N) is 4. The second-order valence-corrected chi connectivity index (χ2v) is 6.87. The quantitative estimate of drug-likeness (QED) is 0.633. The number of rotatable bonds is 3. The maximum atomic E-state index is 12.2. The number of nitrogen functional groups attached to an aromatic ring is 2. The van der Waals surface area contributed by atoms with Gasteiger partial charge in [-0.05, 0) is 6.42 Å². The van der Waals surface area contributed by atoms with Crippen LogP contribution < -0.4 is 17.0 Å². The predicted octanol–water partition coefficient (Wildman–Crippen LogP) is -0.537. The van der Waals surface area contributed by atoms with Gasteiger partial charge in [0.05, 0.1) is 18.0 Å². The summed E-state index contributed by atoms with van der Waals surface area (Å²) in [5.74, 6) is 0.254. The average molecular weight is 339 g/mol. The third kappa shape index (κ3) is 3.04. The van der Waals surface area contributed by atoms with Crippen molar-refractivity contribution in [2.75, 3.05) is 23.8 Å². The van der Waals surface area contributed by atoms with Crippen molar-refractivity contribution < 1.29 is 4.79 Å². The fourth-order valence-corrected chi connectivity index (χ4v) is 3.70. The van der Waals surface area contributed by atoms with Gasteiger partial charge in [-0.25, -0.2) is 4.98 Å². The molecule has 11 heteroatoms. The number of carbonyl (C=O) groups excluding carboxylic acids is 1. The fourth-order valence-electron chi connectivity index (χ4n) is 2.17. The SMILES string of the molecule is Nc1nc2c(c(=O)[nH]1)CCN(C(=O)CSc1nnc(N)s1)C2. The summed E-state index contributed by atoms with van der Waals surface area (Å²) < 4.78 is 0.655. The Morgan fingerprint density at radius 1 is 1.41 bits per heavy atom. The third-order valence-corrected chi connectivity index (χ3v) is 5.06. The molecule has 0 atom stereocenters. The molecule has 1 aliphatic rings. The Bertz CT molecular complexity index is 772. The van der Waals surface area contributed by atoms with Crippen molar-refractivity contribution in [3.63, 3.8) is 0 Å². The maximum absolute atomic E-state index is 12.2. The predicted molar refractivity (Wildman–Crippen MR) is 83.4 cm³/mol. The zero-order valence-corrected chi connectivity index (χ0v) is 13.0. The lowest BCUT2D eigenvalue weighted by Crippen LogP contribution is -2.40. The van der Waals surface area contributed by atoms with Crippen LogP contribution in [0.4, 0.5) is 11.1 Å². The van der Waals surface area contributed by atoms with Crippen molar-refractivity contribution in [2.45, 2.75) is 17.3 Å². The van der Waals surface area contributed by atoms with Crippen molar-refractivity contribution in [3.8, 4) is 0 Å². The number of hydrogen-bond donors (Lipinski definition) is 3. The van der Waals surface area contributed by atoms with E-state index in [1.807, 2.05) is 0 Å². The van der Waals surface area contributed by atoms with Gasteiger partial charge in [0.2, 0.25) is 17.0 Å². The number of carbonyl (C=O) groups is 1. The van der Waals surface area contributed by atoms with E-state index < -0.39 is 0 Å². The first-order chi connectivity index (χ1) is 10.5. The van der Waals surface area contributed by atoms with Crippen LogP contribution in [0, 0.1) is 0 Å². The van der Waals surface area contributed by atoms with Gasteiger partial charge < -0.3 is 16.4 Å². The first-order valence-corrected chi connectivity index (χ1v) is 8.20. The molecule has 3 rings (SSSR count). The van der Waals surface area contributed by atoms with Crippen molar-refractivity contribution in [1.29, 1.82) is 0 Å². The van der Waals surface area contributed by atoms with Crippen LogP contribution in [-0.2, 0) is 17.8 Å². The van der Waals surface area contributed by atoms with Crippen molar-refractivity contribution in [3.05, 3.63) is 21.6 Å². The van der Waals surface area contributed by atoms with E-state index >= 15 is 0 Å². The van der Waals surface area contributed by atoms with E-state index in [2.05, 4.69) is 20.2 Å². The van der Waals surface area contributed by atoms with Gasteiger partial charge in [0.25, 0.3) is 5.56 Å². The summed E-state index contributed by atoms with van der Waals surface area (Å²) in [7, 11) is 0. The van der Waals surface area contributed by atoms with Crippen LogP contribution in [0.3, 0.4) is 0 Å². The summed E-state index contributed by atoms with van der Waals surface area (Å²) in [5, 5.41) is 7.92. The van der Waals surface area contributed by atoms with E-state index in [1.165, 1.54) is 23.1 Å². The topological polar surface area (TPSA) is 144 Å². The lowest BCUT2D eigenvalue weighted by molar-refractivity contribution is -0.129. The van der Waals surface area contributed by atoms with Gasteiger partial charge in [0.1, 0.15) is 0 Å². The van der Waals surface area contributed by atoms with Crippen LogP contribution in [0.2, 0.25) is 0 Å². The van der Waals surface area contributed by atoms with Crippen molar-refractivity contribution in [1.82, 2.24) is 25.1 Å².